The molecule has 8 heteroatoms. The van der Waals surface area contributed by atoms with Crippen LogP contribution in [0.4, 0.5) is 0 Å². The van der Waals surface area contributed by atoms with Gasteiger partial charge in [0.05, 0.1) is 12.7 Å². The van der Waals surface area contributed by atoms with Gasteiger partial charge in [-0.2, -0.15) is 0 Å². The Labute approximate surface area is 204 Å². The van der Waals surface area contributed by atoms with Crippen molar-refractivity contribution in [2.45, 2.75) is 13.8 Å². The summed E-state index contributed by atoms with van der Waals surface area (Å²) in [6.45, 7) is 7.01. The third-order valence-electron chi connectivity index (χ3n) is 6.64. The second-order valence-corrected chi connectivity index (χ2v) is 8.76. The van der Waals surface area contributed by atoms with Gasteiger partial charge in [-0.15, -0.1) is 0 Å². The lowest BCUT2D eigenvalue weighted by molar-refractivity contribution is 0.0535. The van der Waals surface area contributed by atoms with Crippen LogP contribution in [-0.4, -0.2) is 72.7 Å². The van der Waals surface area contributed by atoms with Gasteiger partial charge in [-0.3, -0.25) is 9.59 Å². The molecule has 1 saturated heterocycles. The summed E-state index contributed by atoms with van der Waals surface area (Å²) in [4.78, 5) is 29.9. The Kier molecular flexibility index (Phi) is 6.11. The lowest BCUT2D eigenvalue weighted by atomic mass is 10.1. The lowest BCUT2D eigenvalue weighted by Gasteiger charge is -2.35. The van der Waals surface area contributed by atoms with Gasteiger partial charge in [0.1, 0.15) is 19.0 Å². The molecule has 182 valence electrons. The van der Waals surface area contributed by atoms with E-state index in [4.69, 9.17) is 14.2 Å². The van der Waals surface area contributed by atoms with Crippen LogP contribution in [0.2, 0.25) is 0 Å². The van der Waals surface area contributed by atoms with Crippen molar-refractivity contribution in [1.82, 2.24) is 14.4 Å². The van der Waals surface area contributed by atoms with Crippen molar-refractivity contribution in [3.63, 3.8) is 0 Å². The molecular formula is C27H29N3O5. The number of amides is 2. The van der Waals surface area contributed by atoms with Crippen LogP contribution in [0.3, 0.4) is 0 Å². The molecule has 0 radical (unpaired) electrons. The van der Waals surface area contributed by atoms with Gasteiger partial charge in [0.2, 0.25) is 0 Å². The summed E-state index contributed by atoms with van der Waals surface area (Å²) >= 11 is 0. The number of methoxy groups -OCH3 is 1. The summed E-state index contributed by atoms with van der Waals surface area (Å²) in [5.74, 6) is 2.12. The number of benzene rings is 2. The number of fused-ring (bicyclic) bond motifs is 1. The molecule has 0 atom stereocenters. The molecule has 35 heavy (non-hydrogen) atoms. The molecule has 5 rings (SSSR count). The maximum Gasteiger partial charge on any atom is 0.255 e. The molecule has 3 heterocycles. The van der Waals surface area contributed by atoms with Gasteiger partial charge in [-0.05, 0) is 56.3 Å². The number of carbonyl (C=O) groups is 2. The Morgan fingerprint density at radius 2 is 1.43 bits per heavy atom. The molecular weight excluding hydrogens is 446 g/mol. The maximum atomic E-state index is 13.4. The largest absolute Gasteiger partial charge is 0.497 e. The fourth-order valence-electron chi connectivity index (χ4n) is 4.75. The third-order valence-corrected chi connectivity index (χ3v) is 6.64. The maximum absolute atomic E-state index is 13.4. The normalized spacial score (nSPS) is 15.2. The summed E-state index contributed by atoms with van der Waals surface area (Å²) in [6.07, 6.45) is 0. The van der Waals surface area contributed by atoms with Gasteiger partial charge in [0, 0.05) is 54.9 Å². The molecule has 2 aliphatic heterocycles. The first kappa shape index (κ1) is 22.8. The van der Waals surface area contributed by atoms with Gasteiger partial charge < -0.3 is 28.6 Å². The monoisotopic (exact) mass is 475 g/mol. The van der Waals surface area contributed by atoms with Crippen molar-refractivity contribution in [1.29, 1.82) is 0 Å². The zero-order valence-electron chi connectivity index (χ0n) is 20.2. The summed E-state index contributed by atoms with van der Waals surface area (Å²) in [6, 6.07) is 14.9. The van der Waals surface area contributed by atoms with E-state index in [1.165, 1.54) is 0 Å². The number of aromatic nitrogens is 1. The standard InChI is InChI=1S/C27H29N3O5/c1-18-16-23(19(2)30(18)21-6-9-24-25(17-21)35-15-14-34-24)27(32)29-12-10-28(11-13-29)26(31)20-4-7-22(33-3)8-5-20/h4-9,16-17H,10-15H2,1-3H3. The first-order valence-corrected chi connectivity index (χ1v) is 11.8. The number of piperazine rings is 1. The van der Waals surface area contributed by atoms with Crippen LogP contribution in [-0.2, 0) is 0 Å². The SMILES string of the molecule is COc1ccc(C(=O)N2CCN(C(=O)c3cc(C)n(-c4ccc5c(c4)OCCO5)c3C)CC2)cc1. The molecule has 0 saturated carbocycles. The van der Waals surface area contributed by atoms with E-state index >= 15 is 0 Å². The smallest absolute Gasteiger partial charge is 0.255 e. The molecule has 3 aromatic rings. The Hall–Kier alpha value is -3.94. The van der Waals surface area contributed by atoms with Crippen molar-refractivity contribution in [2.24, 2.45) is 0 Å². The van der Waals surface area contributed by atoms with E-state index in [2.05, 4.69) is 4.57 Å². The highest BCUT2D eigenvalue weighted by Crippen LogP contribution is 2.33. The van der Waals surface area contributed by atoms with Crippen molar-refractivity contribution in [2.75, 3.05) is 46.5 Å². The average molecular weight is 476 g/mol. The Balaban J connectivity index is 1.29. The molecule has 0 bridgehead atoms. The Bertz CT molecular complexity index is 1260. The first-order chi connectivity index (χ1) is 17.0. The molecule has 0 N–H and O–H groups in total. The zero-order chi connectivity index (χ0) is 24.5. The minimum absolute atomic E-state index is 0.0153. The summed E-state index contributed by atoms with van der Waals surface area (Å²) in [5, 5.41) is 0. The van der Waals surface area contributed by atoms with Gasteiger partial charge in [-0.25, -0.2) is 0 Å². The molecule has 0 aliphatic carbocycles. The quantitative estimate of drug-likeness (QED) is 0.578. The van der Waals surface area contributed by atoms with Crippen LogP contribution in [0.25, 0.3) is 5.69 Å². The van der Waals surface area contributed by atoms with Gasteiger partial charge in [-0.1, -0.05) is 0 Å². The highest BCUT2D eigenvalue weighted by molar-refractivity contribution is 5.97. The summed E-state index contributed by atoms with van der Waals surface area (Å²) < 4.78 is 18.6. The van der Waals surface area contributed by atoms with Crippen molar-refractivity contribution >= 4 is 11.8 Å². The highest BCUT2D eigenvalue weighted by atomic mass is 16.6. The fraction of sp³-hybridized carbons (Fsp3) is 0.333. The molecule has 2 aromatic carbocycles. The van der Waals surface area contributed by atoms with E-state index in [1.807, 2.05) is 43.0 Å². The number of rotatable bonds is 4. The van der Waals surface area contributed by atoms with E-state index in [0.717, 1.165) is 22.8 Å². The van der Waals surface area contributed by atoms with E-state index in [-0.39, 0.29) is 11.8 Å². The van der Waals surface area contributed by atoms with E-state index in [0.29, 0.717) is 62.0 Å². The minimum Gasteiger partial charge on any atom is -0.497 e. The van der Waals surface area contributed by atoms with Gasteiger partial charge in [0.25, 0.3) is 11.8 Å². The van der Waals surface area contributed by atoms with E-state index < -0.39 is 0 Å². The molecule has 1 fully saturated rings. The first-order valence-electron chi connectivity index (χ1n) is 11.8. The molecule has 2 aliphatic rings. The topological polar surface area (TPSA) is 73.2 Å². The number of hydrogen-bond donors (Lipinski definition) is 0. The summed E-state index contributed by atoms with van der Waals surface area (Å²) in [5.41, 5.74) is 4.07. The number of nitrogens with zero attached hydrogens (tertiary/aromatic N) is 3. The fourth-order valence-corrected chi connectivity index (χ4v) is 4.75. The number of aryl methyl sites for hydroxylation is 1. The van der Waals surface area contributed by atoms with Crippen molar-refractivity contribution < 1.29 is 23.8 Å². The molecule has 8 nitrogen and oxygen atoms in total. The molecule has 0 unspecified atom stereocenters. The van der Waals surface area contributed by atoms with Crippen LogP contribution in [0.1, 0.15) is 32.1 Å². The van der Waals surface area contributed by atoms with Crippen molar-refractivity contribution in [3.8, 4) is 22.9 Å². The van der Waals surface area contributed by atoms with Crippen LogP contribution in [0, 0.1) is 13.8 Å². The molecule has 2 amide bonds. The highest BCUT2D eigenvalue weighted by Gasteiger charge is 2.28. The minimum atomic E-state index is -0.0310. The van der Waals surface area contributed by atoms with Gasteiger partial charge >= 0.3 is 0 Å². The van der Waals surface area contributed by atoms with Crippen molar-refractivity contribution in [3.05, 3.63) is 71.0 Å². The van der Waals surface area contributed by atoms with Crippen LogP contribution in [0.5, 0.6) is 17.2 Å². The average Bonchev–Trinajstić information content (AvgIpc) is 3.21. The predicted octanol–water partition coefficient (Wildman–Crippen LogP) is 3.47. The number of hydrogen-bond acceptors (Lipinski definition) is 5. The predicted molar refractivity (Wildman–Crippen MR) is 131 cm³/mol. The van der Waals surface area contributed by atoms with Crippen LogP contribution < -0.4 is 14.2 Å². The second kappa shape index (κ2) is 9.37. The summed E-state index contributed by atoms with van der Waals surface area (Å²) in [7, 11) is 1.60. The van der Waals surface area contributed by atoms with Crippen LogP contribution >= 0.6 is 0 Å². The molecule has 0 spiro atoms. The van der Waals surface area contributed by atoms with E-state index in [9.17, 15) is 9.59 Å². The second-order valence-electron chi connectivity index (χ2n) is 8.76. The zero-order valence-corrected chi connectivity index (χ0v) is 20.2. The third kappa shape index (κ3) is 4.32. The Morgan fingerprint density at radius 1 is 0.800 bits per heavy atom. The Morgan fingerprint density at radius 3 is 2.09 bits per heavy atom. The van der Waals surface area contributed by atoms with E-state index in [1.54, 1.807) is 36.3 Å². The van der Waals surface area contributed by atoms with Gasteiger partial charge in [0.15, 0.2) is 11.5 Å². The number of ether oxygens (including phenoxy) is 3. The number of carbonyl (C=O) groups excluding carboxylic acids is 2. The lowest BCUT2D eigenvalue weighted by Crippen LogP contribution is -2.50. The van der Waals surface area contributed by atoms with Crippen LogP contribution in [0.15, 0.2) is 48.5 Å². The molecule has 1 aromatic heterocycles.